The third kappa shape index (κ3) is 3.80. The highest BCUT2D eigenvalue weighted by Gasteiger charge is 2.22. The van der Waals surface area contributed by atoms with Gasteiger partial charge in [0.25, 0.3) is 0 Å². The van der Waals surface area contributed by atoms with E-state index in [2.05, 4.69) is 11.1 Å². The molecule has 0 bridgehead atoms. The van der Waals surface area contributed by atoms with Crippen molar-refractivity contribution in [2.24, 2.45) is 0 Å². The van der Waals surface area contributed by atoms with Crippen LogP contribution in [0.3, 0.4) is 0 Å². The molecule has 0 atom stereocenters. The second kappa shape index (κ2) is 7.82. The van der Waals surface area contributed by atoms with Gasteiger partial charge in [-0.2, -0.15) is 0 Å². The maximum atomic E-state index is 12.9. The molecule has 0 aliphatic carbocycles. The fraction of sp³-hybridized carbons (Fsp3) is 0.200. The molecule has 1 aliphatic rings. The summed E-state index contributed by atoms with van der Waals surface area (Å²) < 4.78 is 0. The van der Waals surface area contributed by atoms with E-state index >= 15 is 0 Å². The average Bonchev–Trinajstić information content (AvgIpc) is 3.00. The lowest BCUT2D eigenvalue weighted by molar-refractivity contribution is -0.118. The first-order valence-corrected chi connectivity index (χ1v) is 10.7. The minimum atomic E-state index is 0.105. The number of hydrogen-bond donors (Lipinski definition) is 0. The number of thiazole rings is 1. The van der Waals surface area contributed by atoms with Gasteiger partial charge in [0.2, 0.25) is 5.91 Å². The average molecular weight is 401 g/mol. The van der Waals surface area contributed by atoms with Crippen LogP contribution in [0.5, 0.6) is 0 Å². The summed E-state index contributed by atoms with van der Waals surface area (Å²) >= 11 is 9.32. The van der Waals surface area contributed by atoms with E-state index in [4.69, 9.17) is 11.6 Å². The molecule has 1 amide bonds. The number of benzene rings is 2. The van der Waals surface area contributed by atoms with E-state index in [0.29, 0.717) is 11.4 Å². The van der Waals surface area contributed by atoms with Crippen molar-refractivity contribution in [1.29, 1.82) is 0 Å². The summed E-state index contributed by atoms with van der Waals surface area (Å²) in [6.07, 6.45) is 1.32. The standard InChI is InChI=1S/C20H17ClN2OS2/c21-15-8-6-14(7-9-15)20-22-16(13-26-20)12-19(24)23-10-3-11-25-18-5-2-1-4-17(18)23/h1-2,4-9,13H,3,10-12H2. The van der Waals surface area contributed by atoms with Crippen LogP contribution in [0.15, 0.2) is 58.8 Å². The molecule has 3 aromatic rings. The van der Waals surface area contributed by atoms with Gasteiger partial charge < -0.3 is 4.90 Å². The predicted molar refractivity (Wildman–Crippen MR) is 110 cm³/mol. The highest BCUT2D eigenvalue weighted by Crippen LogP contribution is 2.34. The number of nitrogens with zero attached hydrogens (tertiary/aromatic N) is 2. The van der Waals surface area contributed by atoms with Gasteiger partial charge in [-0.3, -0.25) is 4.79 Å². The quantitative estimate of drug-likeness (QED) is 0.579. The number of carbonyl (C=O) groups is 1. The summed E-state index contributed by atoms with van der Waals surface area (Å²) in [4.78, 5) is 20.7. The number of hydrogen-bond acceptors (Lipinski definition) is 4. The molecule has 6 heteroatoms. The van der Waals surface area contributed by atoms with Gasteiger partial charge in [-0.25, -0.2) is 4.98 Å². The molecule has 0 saturated heterocycles. The van der Waals surface area contributed by atoms with Crippen LogP contribution in [0.1, 0.15) is 12.1 Å². The van der Waals surface area contributed by atoms with Crippen molar-refractivity contribution in [1.82, 2.24) is 4.98 Å². The molecule has 0 radical (unpaired) electrons. The van der Waals surface area contributed by atoms with Crippen LogP contribution in [0.25, 0.3) is 10.6 Å². The van der Waals surface area contributed by atoms with Crippen LogP contribution in [0.4, 0.5) is 5.69 Å². The number of fused-ring (bicyclic) bond motifs is 1. The van der Waals surface area contributed by atoms with Crippen LogP contribution >= 0.6 is 34.7 Å². The molecule has 0 spiro atoms. The Balaban J connectivity index is 1.53. The van der Waals surface area contributed by atoms with Gasteiger partial charge in [0.15, 0.2) is 0 Å². The summed E-state index contributed by atoms with van der Waals surface area (Å²) in [5.74, 6) is 1.14. The van der Waals surface area contributed by atoms with Crippen LogP contribution in [0.2, 0.25) is 5.02 Å². The van der Waals surface area contributed by atoms with Gasteiger partial charge in [-0.15, -0.1) is 23.1 Å². The lowest BCUT2D eigenvalue weighted by atomic mass is 10.2. The molecule has 4 rings (SSSR count). The number of halogens is 1. The number of amides is 1. The zero-order valence-electron chi connectivity index (χ0n) is 14.0. The summed E-state index contributed by atoms with van der Waals surface area (Å²) in [6, 6.07) is 15.8. The number of rotatable bonds is 3. The predicted octanol–water partition coefficient (Wildman–Crippen LogP) is 5.54. The molecule has 0 N–H and O–H groups in total. The van der Waals surface area contributed by atoms with E-state index in [1.54, 1.807) is 11.3 Å². The van der Waals surface area contributed by atoms with E-state index in [1.807, 2.05) is 64.5 Å². The molecule has 2 heterocycles. The van der Waals surface area contributed by atoms with Crippen molar-refractivity contribution in [3.63, 3.8) is 0 Å². The molecule has 0 saturated carbocycles. The summed E-state index contributed by atoms with van der Waals surface area (Å²) in [5.41, 5.74) is 2.86. The van der Waals surface area contributed by atoms with Gasteiger partial charge >= 0.3 is 0 Å². The van der Waals surface area contributed by atoms with Gasteiger partial charge in [-0.05, 0) is 36.4 Å². The van der Waals surface area contributed by atoms with Crippen molar-refractivity contribution >= 4 is 46.3 Å². The lowest BCUT2D eigenvalue weighted by Gasteiger charge is -2.22. The Morgan fingerprint density at radius 2 is 1.96 bits per heavy atom. The summed E-state index contributed by atoms with van der Waals surface area (Å²) in [7, 11) is 0. The third-order valence-electron chi connectivity index (χ3n) is 4.22. The fourth-order valence-corrected chi connectivity index (χ4v) is 4.90. The Hall–Kier alpha value is -1.82. The number of thioether (sulfide) groups is 1. The van der Waals surface area contributed by atoms with E-state index in [0.717, 1.165) is 40.7 Å². The maximum absolute atomic E-state index is 12.9. The maximum Gasteiger partial charge on any atom is 0.233 e. The summed E-state index contributed by atoms with van der Waals surface area (Å²) in [5, 5.41) is 3.59. The van der Waals surface area contributed by atoms with Crippen LogP contribution in [-0.4, -0.2) is 23.2 Å². The SMILES string of the molecule is O=C(Cc1csc(-c2ccc(Cl)cc2)n1)N1CCCSc2ccccc21. The summed E-state index contributed by atoms with van der Waals surface area (Å²) in [6.45, 7) is 0.761. The fourth-order valence-electron chi connectivity index (χ4n) is 2.95. The van der Waals surface area contributed by atoms with Crippen molar-refractivity contribution in [3.05, 3.63) is 64.6 Å². The molecule has 1 aliphatic heterocycles. The van der Waals surface area contributed by atoms with Gasteiger partial charge in [-0.1, -0.05) is 35.9 Å². The Kier molecular flexibility index (Phi) is 5.29. The zero-order chi connectivity index (χ0) is 17.9. The van der Waals surface area contributed by atoms with Gasteiger partial charge in [0.1, 0.15) is 5.01 Å². The molecular weight excluding hydrogens is 384 g/mol. The van der Waals surface area contributed by atoms with Gasteiger partial charge in [0, 0.05) is 27.4 Å². The number of carbonyl (C=O) groups excluding carboxylic acids is 1. The van der Waals surface area contributed by atoms with Crippen LogP contribution in [-0.2, 0) is 11.2 Å². The monoisotopic (exact) mass is 400 g/mol. The molecule has 0 fully saturated rings. The molecule has 2 aromatic carbocycles. The zero-order valence-corrected chi connectivity index (χ0v) is 16.4. The van der Waals surface area contributed by atoms with Crippen LogP contribution < -0.4 is 4.90 Å². The van der Waals surface area contributed by atoms with E-state index in [-0.39, 0.29) is 5.91 Å². The molecular formula is C20H17ClN2OS2. The first-order valence-electron chi connectivity index (χ1n) is 8.43. The molecule has 1 aromatic heterocycles. The second-order valence-electron chi connectivity index (χ2n) is 6.04. The first-order chi connectivity index (χ1) is 12.7. The van der Waals surface area contributed by atoms with E-state index in [1.165, 1.54) is 4.90 Å². The minimum absolute atomic E-state index is 0.105. The topological polar surface area (TPSA) is 33.2 Å². The van der Waals surface area contributed by atoms with E-state index in [9.17, 15) is 4.79 Å². The highest BCUT2D eigenvalue weighted by molar-refractivity contribution is 7.99. The number of para-hydroxylation sites is 1. The van der Waals surface area contributed by atoms with E-state index < -0.39 is 0 Å². The first kappa shape index (κ1) is 17.6. The Bertz CT molecular complexity index is 924. The Morgan fingerprint density at radius 1 is 1.15 bits per heavy atom. The molecule has 26 heavy (non-hydrogen) atoms. The van der Waals surface area contributed by atoms with Crippen LogP contribution in [0, 0.1) is 0 Å². The molecule has 3 nitrogen and oxygen atoms in total. The molecule has 0 unspecified atom stereocenters. The second-order valence-corrected chi connectivity index (χ2v) is 8.47. The van der Waals surface area contributed by atoms with Crippen molar-refractivity contribution < 1.29 is 4.79 Å². The van der Waals surface area contributed by atoms with Crippen molar-refractivity contribution in [2.45, 2.75) is 17.7 Å². The number of anilines is 1. The van der Waals surface area contributed by atoms with Gasteiger partial charge in [0.05, 0.1) is 17.8 Å². The highest BCUT2D eigenvalue weighted by atomic mass is 35.5. The minimum Gasteiger partial charge on any atom is -0.311 e. The Morgan fingerprint density at radius 3 is 2.81 bits per heavy atom. The van der Waals surface area contributed by atoms with Crippen molar-refractivity contribution in [3.8, 4) is 10.6 Å². The lowest BCUT2D eigenvalue weighted by Crippen LogP contribution is -2.33. The normalized spacial score (nSPS) is 14.0. The largest absolute Gasteiger partial charge is 0.311 e. The number of aromatic nitrogens is 1. The van der Waals surface area contributed by atoms with Crippen molar-refractivity contribution in [2.75, 3.05) is 17.2 Å². The third-order valence-corrected chi connectivity index (χ3v) is 6.56. The Labute approximate surface area is 166 Å². The smallest absolute Gasteiger partial charge is 0.233 e. The molecule has 132 valence electrons.